The van der Waals surface area contributed by atoms with E-state index in [-0.39, 0.29) is 11.2 Å². The van der Waals surface area contributed by atoms with Crippen LogP contribution in [0.1, 0.15) is 53.3 Å². The van der Waals surface area contributed by atoms with Crippen molar-refractivity contribution in [2.45, 2.75) is 47.1 Å². The predicted molar refractivity (Wildman–Crippen MR) is 83.7 cm³/mol. The van der Waals surface area contributed by atoms with Crippen molar-refractivity contribution in [3.63, 3.8) is 0 Å². The zero-order valence-corrected chi connectivity index (χ0v) is 13.2. The number of carbonyl (C=O) groups excluding carboxylic acids is 1. The Kier molecular flexibility index (Phi) is 3.23. The molecule has 21 heavy (non-hydrogen) atoms. The van der Waals surface area contributed by atoms with Crippen LogP contribution in [0.5, 0.6) is 0 Å². The summed E-state index contributed by atoms with van der Waals surface area (Å²) >= 11 is 0. The van der Waals surface area contributed by atoms with Gasteiger partial charge in [-0.2, -0.15) is 0 Å². The molecule has 0 amide bonds. The molecule has 1 aliphatic rings. The Morgan fingerprint density at radius 3 is 2.67 bits per heavy atom. The van der Waals surface area contributed by atoms with Crippen LogP contribution in [0.25, 0.3) is 0 Å². The van der Waals surface area contributed by atoms with E-state index in [1.165, 1.54) is 11.3 Å². The lowest BCUT2D eigenvalue weighted by Gasteiger charge is -2.30. The molecule has 0 aromatic carbocycles. The fraction of sp³-hybridized carbons (Fsp3) is 0.444. The number of rotatable bonds is 2. The second-order valence-corrected chi connectivity index (χ2v) is 6.98. The Balaban J connectivity index is 2.00. The molecule has 2 heterocycles. The van der Waals surface area contributed by atoms with Crippen LogP contribution in [-0.2, 0) is 13.0 Å². The number of aryl methyl sites for hydroxylation is 2. The number of fused-ring (bicyclic) bond motifs is 1. The molecule has 0 radical (unpaired) electrons. The van der Waals surface area contributed by atoms with Gasteiger partial charge in [0.15, 0.2) is 5.78 Å². The van der Waals surface area contributed by atoms with Crippen molar-refractivity contribution in [3.05, 3.63) is 52.6 Å². The Bertz CT molecular complexity index is 693. The summed E-state index contributed by atoms with van der Waals surface area (Å²) in [4.78, 5) is 16.7. The van der Waals surface area contributed by atoms with E-state index in [1.54, 1.807) is 0 Å². The van der Waals surface area contributed by atoms with Gasteiger partial charge in [-0.1, -0.05) is 19.9 Å². The molecule has 0 bridgehead atoms. The largest absolute Gasteiger partial charge is 0.344 e. The van der Waals surface area contributed by atoms with Crippen LogP contribution < -0.4 is 0 Å². The van der Waals surface area contributed by atoms with Gasteiger partial charge in [0.1, 0.15) is 0 Å². The van der Waals surface area contributed by atoms with Crippen LogP contribution in [0.2, 0.25) is 0 Å². The number of ketones is 1. The average Bonchev–Trinajstić information content (AvgIpc) is 2.69. The molecule has 0 saturated carbocycles. The van der Waals surface area contributed by atoms with Gasteiger partial charge in [-0.15, -0.1) is 0 Å². The first-order chi connectivity index (χ1) is 9.85. The SMILES string of the molecule is Cc1ccc(Cn2c(C)cc3c2CC(C)(C)CC3=O)cn1. The maximum absolute atomic E-state index is 12.3. The summed E-state index contributed by atoms with van der Waals surface area (Å²) < 4.78 is 2.28. The number of Topliss-reactive ketones (excluding diaryl/α,β-unsaturated/α-hetero) is 1. The highest BCUT2D eigenvalue weighted by Crippen LogP contribution is 2.36. The lowest BCUT2D eigenvalue weighted by molar-refractivity contribution is 0.0910. The van der Waals surface area contributed by atoms with Gasteiger partial charge in [-0.25, -0.2) is 0 Å². The summed E-state index contributed by atoms with van der Waals surface area (Å²) in [5, 5.41) is 0. The minimum Gasteiger partial charge on any atom is -0.344 e. The minimum absolute atomic E-state index is 0.0537. The van der Waals surface area contributed by atoms with Crippen molar-refractivity contribution in [2.24, 2.45) is 5.41 Å². The molecule has 0 unspecified atom stereocenters. The monoisotopic (exact) mass is 282 g/mol. The number of carbonyl (C=O) groups is 1. The topological polar surface area (TPSA) is 34.9 Å². The molecule has 2 aromatic heterocycles. The van der Waals surface area contributed by atoms with Crippen LogP contribution in [-0.4, -0.2) is 15.3 Å². The third kappa shape index (κ3) is 2.65. The van der Waals surface area contributed by atoms with Crippen LogP contribution in [0.3, 0.4) is 0 Å². The van der Waals surface area contributed by atoms with Gasteiger partial charge in [0, 0.05) is 41.8 Å². The minimum atomic E-state index is 0.0537. The Morgan fingerprint density at radius 2 is 2.00 bits per heavy atom. The predicted octanol–water partition coefficient (Wildman–Crippen LogP) is 3.70. The molecule has 3 nitrogen and oxygen atoms in total. The Hall–Kier alpha value is -1.90. The molecule has 0 fully saturated rings. The van der Waals surface area contributed by atoms with Crippen LogP contribution in [0.4, 0.5) is 0 Å². The Labute approximate surface area is 126 Å². The molecule has 2 aromatic rings. The van der Waals surface area contributed by atoms with Gasteiger partial charge >= 0.3 is 0 Å². The second-order valence-electron chi connectivity index (χ2n) is 6.98. The van der Waals surface area contributed by atoms with E-state index in [4.69, 9.17) is 0 Å². The summed E-state index contributed by atoms with van der Waals surface area (Å²) in [6, 6.07) is 6.20. The summed E-state index contributed by atoms with van der Waals surface area (Å²) in [5.41, 5.74) is 5.53. The molecule has 3 heteroatoms. The summed E-state index contributed by atoms with van der Waals surface area (Å²) in [5.74, 6) is 0.283. The highest BCUT2D eigenvalue weighted by Gasteiger charge is 2.33. The number of hydrogen-bond acceptors (Lipinski definition) is 2. The summed E-state index contributed by atoms with van der Waals surface area (Å²) in [6.45, 7) is 9.22. The maximum atomic E-state index is 12.3. The standard InChI is InChI=1S/C18H22N2O/c1-12-5-6-14(10-19-12)11-20-13(2)7-15-16(20)8-18(3,4)9-17(15)21/h5-7,10H,8-9,11H2,1-4H3. The number of aromatic nitrogens is 2. The molecule has 0 spiro atoms. The highest BCUT2D eigenvalue weighted by molar-refractivity contribution is 5.99. The van der Waals surface area contributed by atoms with E-state index in [1.807, 2.05) is 19.2 Å². The molecule has 0 atom stereocenters. The first-order valence-electron chi connectivity index (χ1n) is 7.49. The summed E-state index contributed by atoms with van der Waals surface area (Å²) in [7, 11) is 0. The zero-order valence-electron chi connectivity index (χ0n) is 13.2. The number of hydrogen-bond donors (Lipinski definition) is 0. The van der Waals surface area contributed by atoms with E-state index >= 15 is 0 Å². The van der Waals surface area contributed by atoms with Crippen molar-refractivity contribution >= 4 is 5.78 Å². The number of pyridine rings is 1. The molecule has 0 aliphatic heterocycles. The maximum Gasteiger partial charge on any atom is 0.165 e. The van der Waals surface area contributed by atoms with E-state index in [9.17, 15) is 4.79 Å². The van der Waals surface area contributed by atoms with Crippen LogP contribution in [0.15, 0.2) is 24.4 Å². The highest BCUT2D eigenvalue weighted by atomic mass is 16.1. The number of nitrogens with zero attached hydrogens (tertiary/aromatic N) is 2. The first kappa shape index (κ1) is 14.1. The van der Waals surface area contributed by atoms with Crippen LogP contribution in [0, 0.1) is 19.3 Å². The first-order valence-corrected chi connectivity index (χ1v) is 7.49. The van der Waals surface area contributed by atoms with Crippen LogP contribution >= 0.6 is 0 Å². The van der Waals surface area contributed by atoms with E-state index in [2.05, 4.69) is 42.5 Å². The zero-order chi connectivity index (χ0) is 15.2. The average molecular weight is 282 g/mol. The smallest absolute Gasteiger partial charge is 0.165 e. The lowest BCUT2D eigenvalue weighted by Crippen LogP contribution is -2.28. The van der Waals surface area contributed by atoms with E-state index in [0.717, 1.165) is 29.9 Å². The van der Waals surface area contributed by atoms with Gasteiger partial charge in [0.25, 0.3) is 0 Å². The lowest BCUT2D eigenvalue weighted by atomic mass is 9.76. The van der Waals surface area contributed by atoms with Gasteiger partial charge in [-0.3, -0.25) is 9.78 Å². The summed E-state index contributed by atoms with van der Waals surface area (Å²) in [6.07, 6.45) is 3.54. The fourth-order valence-electron chi connectivity index (χ4n) is 3.20. The quantitative estimate of drug-likeness (QED) is 0.841. The molecular formula is C18H22N2O. The van der Waals surface area contributed by atoms with Gasteiger partial charge < -0.3 is 4.57 Å². The molecule has 1 aliphatic carbocycles. The van der Waals surface area contributed by atoms with Gasteiger partial charge in [0.2, 0.25) is 0 Å². The fourth-order valence-corrected chi connectivity index (χ4v) is 3.20. The normalized spacial score (nSPS) is 16.9. The van der Waals surface area contributed by atoms with E-state index < -0.39 is 0 Å². The molecule has 3 rings (SSSR count). The third-order valence-electron chi connectivity index (χ3n) is 4.31. The second kappa shape index (κ2) is 4.83. The molecular weight excluding hydrogens is 260 g/mol. The van der Waals surface area contributed by atoms with Crippen molar-refractivity contribution in [3.8, 4) is 0 Å². The molecule has 0 saturated heterocycles. The van der Waals surface area contributed by atoms with Gasteiger partial charge in [-0.05, 0) is 43.4 Å². The van der Waals surface area contributed by atoms with Crippen molar-refractivity contribution in [2.75, 3.05) is 0 Å². The van der Waals surface area contributed by atoms with Crippen molar-refractivity contribution in [1.82, 2.24) is 9.55 Å². The third-order valence-corrected chi connectivity index (χ3v) is 4.31. The Morgan fingerprint density at radius 1 is 1.24 bits per heavy atom. The van der Waals surface area contributed by atoms with E-state index in [0.29, 0.717) is 6.42 Å². The van der Waals surface area contributed by atoms with Gasteiger partial charge in [0.05, 0.1) is 0 Å². The van der Waals surface area contributed by atoms with Crippen molar-refractivity contribution in [1.29, 1.82) is 0 Å². The van der Waals surface area contributed by atoms with Crippen molar-refractivity contribution < 1.29 is 4.79 Å². The molecule has 110 valence electrons. The molecule has 0 N–H and O–H groups in total.